The smallest absolute Gasteiger partial charge is 0.308 e. The molecule has 3 rings (SSSR count). The van der Waals surface area contributed by atoms with Crippen molar-refractivity contribution >= 4 is 29.3 Å². The average Bonchev–Trinajstić information content (AvgIpc) is 3.32. The van der Waals surface area contributed by atoms with Gasteiger partial charge in [-0.2, -0.15) is 0 Å². The van der Waals surface area contributed by atoms with Crippen LogP contribution in [0.5, 0.6) is 0 Å². The maximum atomic E-state index is 13.0. The molecule has 2 atom stereocenters. The summed E-state index contributed by atoms with van der Waals surface area (Å²) in [6, 6.07) is 4.30. The predicted molar refractivity (Wildman–Crippen MR) is 92.7 cm³/mol. The Hall–Kier alpha value is -2.09. The third-order valence-electron chi connectivity index (χ3n) is 4.90. The number of non-ortho nitro benzene ring substituents is 1. The minimum atomic E-state index is -0.866. The van der Waals surface area contributed by atoms with Crippen molar-refractivity contribution in [1.82, 2.24) is 4.90 Å². The summed E-state index contributed by atoms with van der Waals surface area (Å²) in [5.41, 5.74) is 0.165. The summed E-state index contributed by atoms with van der Waals surface area (Å²) in [6.45, 7) is 2.54. The predicted octanol–water partition coefficient (Wildman–Crippen LogP) is 2.89. The highest BCUT2D eigenvalue weighted by Gasteiger charge is 2.47. The summed E-state index contributed by atoms with van der Waals surface area (Å²) in [5, 5.41) is 20.5. The number of nitro groups is 1. The number of carbonyl (C=O) groups is 2. The van der Waals surface area contributed by atoms with Gasteiger partial charge >= 0.3 is 5.97 Å². The molecule has 0 radical (unpaired) electrons. The zero-order valence-electron chi connectivity index (χ0n) is 13.9. The van der Waals surface area contributed by atoms with E-state index in [-0.39, 0.29) is 24.1 Å². The number of carbonyl (C=O) groups excluding carboxylic acids is 1. The van der Waals surface area contributed by atoms with Gasteiger partial charge in [-0.1, -0.05) is 6.92 Å². The van der Waals surface area contributed by atoms with Crippen LogP contribution in [-0.4, -0.2) is 45.6 Å². The highest BCUT2D eigenvalue weighted by atomic mass is 32.2. The van der Waals surface area contributed by atoms with E-state index in [0.29, 0.717) is 22.9 Å². The molecule has 0 bridgehead atoms. The maximum Gasteiger partial charge on any atom is 0.308 e. The standard InChI is InChI=1S/C17H20N2O5S/c1-2-25-15-6-5-11(19(23)24)7-12(15)16(20)18-8-13(10-3-4-10)14(9-18)17(21)22/h5-7,10,13-14H,2-4,8-9H2,1H3,(H,21,22)/t13-,14+/m1/s1. The van der Waals surface area contributed by atoms with E-state index in [1.165, 1.54) is 23.9 Å². The summed E-state index contributed by atoms with van der Waals surface area (Å²) in [6.07, 6.45) is 2.04. The van der Waals surface area contributed by atoms with E-state index in [9.17, 15) is 24.8 Å². The number of benzene rings is 1. The number of amides is 1. The molecule has 0 aromatic heterocycles. The van der Waals surface area contributed by atoms with Crippen molar-refractivity contribution < 1.29 is 19.6 Å². The fourth-order valence-corrected chi connectivity index (χ4v) is 4.29. The van der Waals surface area contributed by atoms with Crippen LogP contribution in [0.3, 0.4) is 0 Å². The van der Waals surface area contributed by atoms with Gasteiger partial charge in [-0.05, 0) is 36.5 Å². The van der Waals surface area contributed by atoms with Gasteiger partial charge < -0.3 is 10.0 Å². The van der Waals surface area contributed by atoms with Crippen LogP contribution in [0.4, 0.5) is 5.69 Å². The normalized spacial score (nSPS) is 22.8. The molecule has 1 saturated carbocycles. The Morgan fingerprint density at radius 3 is 2.64 bits per heavy atom. The second kappa shape index (κ2) is 7.03. The lowest BCUT2D eigenvalue weighted by atomic mass is 9.92. The van der Waals surface area contributed by atoms with Gasteiger partial charge in [-0.3, -0.25) is 19.7 Å². The maximum absolute atomic E-state index is 13.0. The molecule has 1 aromatic carbocycles. The van der Waals surface area contributed by atoms with Crippen molar-refractivity contribution in [2.75, 3.05) is 18.8 Å². The molecule has 1 amide bonds. The number of carboxylic acids is 1. The van der Waals surface area contributed by atoms with Crippen LogP contribution in [0.1, 0.15) is 30.1 Å². The molecular weight excluding hydrogens is 344 g/mol. The first-order valence-electron chi connectivity index (χ1n) is 8.35. The lowest BCUT2D eigenvalue weighted by Crippen LogP contribution is -2.30. The fourth-order valence-electron chi connectivity index (χ4n) is 3.51. The summed E-state index contributed by atoms with van der Waals surface area (Å²) >= 11 is 1.45. The first-order valence-corrected chi connectivity index (χ1v) is 9.34. The number of nitrogens with zero attached hydrogens (tertiary/aromatic N) is 2. The highest BCUT2D eigenvalue weighted by Crippen LogP contribution is 2.44. The fraction of sp³-hybridized carbons (Fsp3) is 0.529. The molecule has 1 aliphatic heterocycles. The molecule has 134 valence electrons. The van der Waals surface area contributed by atoms with Crippen molar-refractivity contribution in [1.29, 1.82) is 0 Å². The van der Waals surface area contributed by atoms with Crippen LogP contribution in [-0.2, 0) is 4.79 Å². The Labute approximate surface area is 149 Å². The van der Waals surface area contributed by atoms with E-state index < -0.39 is 16.8 Å². The van der Waals surface area contributed by atoms with Crippen molar-refractivity contribution in [3.8, 4) is 0 Å². The second-order valence-corrected chi connectivity index (χ2v) is 7.83. The minimum Gasteiger partial charge on any atom is -0.481 e. The van der Waals surface area contributed by atoms with Gasteiger partial charge in [0.25, 0.3) is 11.6 Å². The van der Waals surface area contributed by atoms with E-state index >= 15 is 0 Å². The van der Waals surface area contributed by atoms with Crippen LogP contribution < -0.4 is 0 Å². The molecular formula is C17H20N2O5S. The number of likely N-dealkylation sites (tertiary alicyclic amines) is 1. The molecule has 25 heavy (non-hydrogen) atoms. The Kier molecular flexibility index (Phi) is 4.99. The molecule has 1 aromatic rings. The van der Waals surface area contributed by atoms with Crippen molar-refractivity contribution in [2.45, 2.75) is 24.7 Å². The van der Waals surface area contributed by atoms with Crippen LogP contribution in [0, 0.1) is 27.9 Å². The van der Waals surface area contributed by atoms with E-state index in [2.05, 4.69) is 0 Å². The molecule has 2 fully saturated rings. The molecule has 8 heteroatoms. The van der Waals surface area contributed by atoms with Crippen LogP contribution in [0.15, 0.2) is 23.1 Å². The number of hydrogen-bond acceptors (Lipinski definition) is 5. The molecule has 0 spiro atoms. The van der Waals surface area contributed by atoms with Crippen LogP contribution in [0.25, 0.3) is 0 Å². The first kappa shape index (κ1) is 17.7. The van der Waals surface area contributed by atoms with Gasteiger partial charge in [0.2, 0.25) is 0 Å². The van der Waals surface area contributed by atoms with Crippen molar-refractivity contribution in [3.63, 3.8) is 0 Å². The Balaban J connectivity index is 1.88. The molecule has 0 unspecified atom stereocenters. The van der Waals surface area contributed by atoms with Crippen LogP contribution >= 0.6 is 11.8 Å². The number of thioether (sulfide) groups is 1. The number of aliphatic carboxylic acids is 1. The summed E-state index contributed by atoms with van der Waals surface area (Å²) in [5.74, 6) is -0.614. The molecule has 7 nitrogen and oxygen atoms in total. The largest absolute Gasteiger partial charge is 0.481 e. The number of nitro benzene ring substituents is 1. The number of carboxylic acid groups (broad SMARTS) is 1. The molecule has 2 aliphatic rings. The van der Waals surface area contributed by atoms with Gasteiger partial charge in [0.05, 0.1) is 16.4 Å². The van der Waals surface area contributed by atoms with Gasteiger partial charge in [-0.25, -0.2) is 0 Å². The Bertz CT molecular complexity index is 719. The van der Waals surface area contributed by atoms with E-state index in [1.807, 2.05) is 6.92 Å². The third kappa shape index (κ3) is 3.63. The van der Waals surface area contributed by atoms with E-state index in [0.717, 1.165) is 18.6 Å². The minimum absolute atomic E-state index is 0.0116. The van der Waals surface area contributed by atoms with E-state index in [1.54, 1.807) is 11.0 Å². The van der Waals surface area contributed by atoms with Gasteiger partial charge in [0, 0.05) is 30.1 Å². The molecule has 1 N–H and O–H groups in total. The average molecular weight is 364 g/mol. The Morgan fingerprint density at radius 2 is 2.08 bits per heavy atom. The topological polar surface area (TPSA) is 101 Å². The summed E-state index contributed by atoms with van der Waals surface area (Å²) < 4.78 is 0. The number of hydrogen-bond donors (Lipinski definition) is 1. The SMILES string of the molecule is CCSc1ccc([N+](=O)[O-])cc1C(=O)N1C[C@H](C(=O)O)[C@@H](C2CC2)C1. The number of rotatable bonds is 6. The quantitative estimate of drug-likeness (QED) is 0.473. The van der Waals surface area contributed by atoms with Gasteiger partial charge in [0.15, 0.2) is 0 Å². The molecule has 1 saturated heterocycles. The van der Waals surface area contributed by atoms with Crippen LogP contribution in [0.2, 0.25) is 0 Å². The zero-order chi connectivity index (χ0) is 18.1. The first-order chi connectivity index (χ1) is 11.9. The zero-order valence-corrected chi connectivity index (χ0v) is 14.7. The highest BCUT2D eigenvalue weighted by molar-refractivity contribution is 7.99. The molecule has 1 aliphatic carbocycles. The summed E-state index contributed by atoms with van der Waals surface area (Å²) in [7, 11) is 0. The third-order valence-corrected chi connectivity index (χ3v) is 5.86. The van der Waals surface area contributed by atoms with Crippen molar-refractivity contribution in [3.05, 3.63) is 33.9 Å². The second-order valence-electron chi connectivity index (χ2n) is 6.53. The lowest BCUT2D eigenvalue weighted by molar-refractivity contribution is -0.384. The van der Waals surface area contributed by atoms with Crippen molar-refractivity contribution in [2.24, 2.45) is 17.8 Å². The molecule has 1 heterocycles. The van der Waals surface area contributed by atoms with Gasteiger partial charge in [0.1, 0.15) is 0 Å². The Morgan fingerprint density at radius 1 is 1.36 bits per heavy atom. The van der Waals surface area contributed by atoms with Gasteiger partial charge in [-0.15, -0.1) is 11.8 Å². The summed E-state index contributed by atoms with van der Waals surface area (Å²) in [4.78, 5) is 37.3. The monoisotopic (exact) mass is 364 g/mol. The lowest BCUT2D eigenvalue weighted by Gasteiger charge is -2.18. The van der Waals surface area contributed by atoms with E-state index in [4.69, 9.17) is 0 Å².